The molecule has 0 aliphatic carbocycles. The highest BCUT2D eigenvalue weighted by molar-refractivity contribution is 7.00. The first-order chi connectivity index (χ1) is 16.8. The van der Waals surface area contributed by atoms with Gasteiger partial charge < -0.3 is 9.53 Å². The lowest BCUT2D eigenvalue weighted by Crippen LogP contribution is -2.67. The zero-order chi connectivity index (χ0) is 25.1. The Morgan fingerprint density at radius 3 is 1.49 bits per heavy atom. The first-order valence-electron chi connectivity index (χ1n) is 11.5. The van der Waals surface area contributed by atoms with Crippen LogP contribution in [0.15, 0.2) is 109 Å². The van der Waals surface area contributed by atoms with Gasteiger partial charge in [0.25, 0.3) is 0 Å². The maximum Gasteiger partial charge on any atom is 0.336 e. The van der Waals surface area contributed by atoms with E-state index in [9.17, 15) is 14.7 Å². The van der Waals surface area contributed by atoms with Crippen molar-refractivity contribution < 1.29 is 19.1 Å². The Labute approximate surface area is 207 Å². The van der Waals surface area contributed by atoms with Crippen LogP contribution in [0.1, 0.15) is 41.5 Å². The summed E-state index contributed by atoms with van der Waals surface area (Å²) in [4.78, 5) is 25.9. The van der Waals surface area contributed by atoms with E-state index in [1.807, 2.05) is 60.7 Å². The Morgan fingerprint density at radius 1 is 0.629 bits per heavy atom. The molecule has 0 aromatic heterocycles. The van der Waals surface area contributed by atoms with Crippen LogP contribution in [0.4, 0.5) is 0 Å². The van der Waals surface area contributed by atoms with Crippen molar-refractivity contribution in [2.75, 3.05) is 0 Å². The van der Waals surface area contributed by atoms with E-state index in [1.165, 1.54) is 0 Å². The summed E-state index contributed by atoms with van der Waals surface area (Å²) in [7, 11) is -3.12. The van der Waals surface area contributed by atoms with Crippen LogP contribution in [0.5, 0.6) is 0 Å². The molecule has 176 valence electrons. The Morgan fingerprint density at radius 2 is 1.03 bits per heavy atom. The van der Waals surface area contributed by atoms with Crippen LogP contribution < -0.4 is 10.4 Å². The average molecular weight is 481 g/mol. The van der Waals surface area contributed by atoms with Gasteiger partial charge in [0.2, 0.25) is 0 Å². The Hall–Kier alpha value is -3.96. The van der Waals surface area contributed by atoms with Gasteiger partial charge in [-0.3, -0.25) is 0 Å². The van der Waals surface area contributed by atoms with E-state index in [0.29, 0.717) is 16.7 Å². The normalized spacial score (nSPS) is 11.6. The van der Waals surface area contributed by atoms with Gasteiger partial charge in [0.05, 0.1) is 11.1 Å². The predicted molar refractivity (Wildman–Crippen MR) is 142 cm³/mol. The average Bonchev–Trinajstić information content (AvgIpc) is 2.87. The van der Waals surface area contributed by atoms with Gasteiger partial charge in [-0.25, -0.2) is 9.59 Å². The molecule has 0 aliphatic rings. The fourth-order valence-corrected chi connectivity index (χ4v) is 8.96. The molecule has 4 rings (SSSR count). The first kappa shape index (κ1) is 24.2. The lowest BCUT2D eigenvalue weighted by atomic mass is 9.95. The number of carboxylic acid groups (broad SMARTS) is 1. The van der Waals surface area contributed by atoms with Crippen LogP contribution in [0, 0.1) is 0 Å². The van der Waals surface area contributed by atoms with Gasteiger partial charge in [0.15, 0.2) is 0 Å². The van der Waals surface area contributed by atoms with E-state index in [-0.39, 0.29) is 10.6 Å². The number of carbonyl (C=O) groups excluding carboxylic acids is 1. The number of hydrogen-bond donors (Lipinski definition) is 1. The fourth-order valence-electron chi connectivity index (χ4n) is 4.64. The van der Waals surface area contributed by atoms with E-state index in [1.54, 1.807) is 48.5 Å². The predicted octanol–water partition coefficient (Wildman–Crippen LogP) is 5.77. The smallest absolute Gasteiger partial charge is 0.336 e. The SMILES string of the molecule is CC(C)(C)[Si](OC(=O)c1ccccc1-c1ccccc1C(=O)O)(c1ccccc1)c1ccccc1. The summed E-state index contributed by atoms with van der Waals surface area (Å²) in [5, 5.41) is 11.4. The summed E-state index contributed by atoms with van der Waals surface area (Å²) in [6.45, 7) is 6.33. The second-order valence-electron chi connectivity index (χ2n) is 9.45. The van der Waals surface area contributed by atoms with Crippen LogP contribution in [0.25, 0.3) is 11.1 Å². The van der Waals surface area contributed by atoms with E-state index >= 15 is 0 Å². The van der Waals surface area contributed by atoms with Gasteiger partial charge in [0.1, 0.15) is 0 Å². The standard InChI is InChI=1S/C30H28O4Si/c1-30(2,3)35(22-14-6-4-7-15-22,23-16-8-5-9-17-23)34-29(33)27-21-13-11-19-25(27)24-18-10-12-20-26(24)28(31)32/h4-21H,1-3H3,(H,31,32). The Bertz CT molecular complexity index is 1300. The molecule has 0 heterocycles. The molecule has 0 saturated heterocycles. The summed E-state index contributed by atoms with van der Waals surface area (Å²) in [5.74, 6) is -1.51. The maximum atomic E-state index is 14.0. The molecule has 0 spiro atoms. The Balaban J connectivity index is 1.90. The van der Waals surface area contributed by atoms with Crippen molar-refractivity contribution in [3.05, 3.63) is 120 Å². The summed E-state index contributed by atoms with van der Waals surface area (Å²) >= 11 is 0. The van der Waals surface area contributed by atoms with Crippen molar-refractivity contribution >= 4 is 30.6 Å². The van der Waals surface area contributed by atoms with Crippen LogP contribution in [-0.2, 0) is 4.43 Å². The van der Waals surface area contributed by atoms with Gasteiger partial charge in [-0.15, -0.1) is 0 Å². The van der Waals surface area contributed by atoms with E-state index in [2.05, 4.69) is 20.8 Å². The molecule has 0 aliphatic heterocycles. The van der Waals surface area contributed by atoms with Crippen molar-refractivity contribution in [2.45, 2.75) is 25.8 Å². The lowest BCUT2D eigenvalue weighted by molar-refractivity contribution is 0.0692. The summed E-state index contributed by atoms with van der Waals surface area (Å²) in [6.07, 6.45) is 0. The Kier molecular flexibility index (Phi) is 6.71. The third-order valence-corrected chi connectivity index (χ3v) is 11.2. The summed E-state index contributed by atoms with van der Waals surface area (Å²) in [5.41, 5.74) is 1.50. The van der Waals surface area contributed by atoms with Crippen molar-refractivity contribution in [3.63, 3.8) is 0 Å². The van der Waals surface area contributed by atoms with Gasteiger partial charge in [-0.05, 0) is 38.7 Å². The number of aromatic carboxylic acids is 1. The van der Waals surface area contributed by atoms with Crippen molar-refractivity contribution in [1.82, 2.24) is 0 Å². The first-order valence-corrected chi connectivity index (χ1v) is 13.4. The molecule has 5 heteroatoms. The topological polar surface area (TPSA) is 63.6 Å². The third-order valence-electron chi connectivity index (χ3n) is 6.26. The van der Waals surface area contributed by atoms with Crippen LogP contribution in [0.2, 0.25) is 5.04 Å². The molecule has 4 aromatic rings. The molecule has 0 unspecified atom stereocenters. The van der Waals surface area contributed by atoms with Gasteiger partial charge in [0, 0.05) is 0 Å². The van der Waals surface area contributed by atoms with Crippen molar-refractivity contribution in [1.29, 1.82) is 0 Å². The van der Waals surface area contributed by atoms with Gasteiger partial charge in [-0.1, -0.05) is 118 Å². The third kappa shape index (κ3) is 4.55. The monoisotopic (exact) mass is 480 g/mol. The highest BCUT2D eigenvalue weighted by atomic mass is 28.4. The second kappa shape index (κ2) is 9.72. The molecule has 4 aromatic carbocycles. The molecule has 0 bridgehead atoms. The number of carboxylic acids is 1. The molecule has 4 nitrogen and oxygen atoms in total. The number of benzene rings is 4. The second-order valence-corrected chi connectivity index (χ2v) is 13.7. The number of hydrogen-bond acceptors (Lipinski definition) is 3. The highest BCUT2D eigenvalue weighted by Crippen LogP contribution is 2.38. The van der Waals surface area contributed by atoms with Crippen molar-refractivity contribution in [3.8, 4) is 11.1 Å². The zero-order valence-electron chi connectivity index (χ0n) is 20.1. The van der Waals surface area contributed by atoms with Gasteiger partial charge in [-0.2, -0.15) is 0 Å². The largest absolute Gasteiger partial charge is 0.506 e. The quantitative estimate of drug-likeness (QED) is 0.356. The van der Waals surface area contributed by atoms with Gasteiger partial charge >= 0.3 is 20.3 Å². The summed E-state index contributed by atoms with van der Waals surface area (Å²) in [6, 6.07) is 33.7. The summed E-state index contributed by atoms with van der Waals surface area (Å²) < 4.78 is 6.68. The zero-order valence-corrected chi connectivity index (χ0v) is 21.1. The lowest BCUT2D eigenvalue weighted by Gasteiger charge is -2.42. The molecule has 0 atom stereocenters. The van der Waals surface area contributed by atoms with Crippen LogP contribution in [-0.4, -0.2) is 25.4 Å². The molecule has 0 saturated carbocycles. The minimum atomic E-state index is -3.12. The number of rotatable bonds is 6. The van der Waals surface area contributed by atoms with E-state index in [4.69, 9.17) is 4.43 Å². The van der Waals surface area contributed by atoms with Crippen LogP contribution >= 0.6 is 0 Å². The molecule has 1 N–H and O–H groups in total. The molecular weight excluding hydrogens is 452 g/mol. The molecule has 35 heavy (non-hydrogen) atoms. The molecule has 0 radical (unpaired) electrons. The van der Waals surface area contributed by atoms with E-state index in [0.717, 1.165) is 10.4 Å². The van der Waals surface area contributed by atoms with Crippen LogP contribution in [0.3, 0.4) is 0 Å². The van der Waals surface area contributed by atoms with E-state index < -0.39 is 20.3 Å². The maximum absolute atomic E-state index is 14.0. The van der Waals surface area contributed by atoms with Crippen molar-refractivity contribution in [2.24, 2.45) is 0 Å². The minimum Gasteiger partial charge on any atom is -0.506 e. The number of carbonyl (C=O) groups is 2. The highest BCUT2D eigenvalue weighted by Gasteiger charge is 2.53. The molecule has 0 amide bonds. The molecular formula is C30H28O4Si. The minimum absolute atomic E-state index is 0.137. The molecule has 0 fully saturated rings. The fraction of sp³-hybridized carbons (Fsp3) is 0.133.